The van der Waals surface area contributed by atoms with Crippen molar-refractivity contribution >= 4 is 5.82 Å². The highest BCUT2D eigenvalue weighted by Gasteiger charge is 2.22. The van der Waals surface area contributed by atoms with Gasteiger partial charge in [-0.05, 0) is 12.8 Å². The van der Waals surface area contributed by atoms with Gasteiger partial charge in [0.15, 0.2) is 0 Å². The van der Waals surface area contributed by atoms with Crippen LogP contribution < -0.4 is 22.3 Å². The molecule has 2 unspecified atom stereocenters. The predicted octanol–water partition coefficient (Wildman–Crippen LogP) is -0.449. The lowest BCUT2D eigenvalue weighted by Crippen LogP contribution is -2.45. The Bertz CT molecular complexity index is 562. The van der Waals surface area contributed by atoms with Gasteiger partial charge < -0.3 is 11.1 Å². The average Bonchev–Trinajstić information content (AvgIpc) is 2.59. The summed E-state index contributed by atoms with van der Waals surface area (Å²) in [6, 6.07) is 0.0615. The van der Waals surface area contributed by atoms with Crippen LogP contribution in [0.5, 0.6) is 0 Å². The molecule has 2 atom stereocenters. The Balaban J connectivity index is 2.28. The van der Waals surface area contributed by atoms with Crippen LogP contribution in [-0.2, 0) is 14.1 Å². The minimum atomic E-state index is -0.430. The molecule has 0 spiro atoms. The monoisotopic (exact) mass is 267 g/mol. The third kappa shape index (κ3) is 2.86. The number of nitrogens with zero attached hydrogens (tertiary/aromatic N) is 3. The minimum absolute atomic E-state index is 0.0197. The molecular formula is C12H21N5O2. The second-order valence-corrected chi connectivity index (χ2v) is 5.17. The number of aryl methyl sites for hydroxylation is 1. The van der Waals surface area contributed by atoms with Crippen LogP contribution in [0.25, 0.3) is 0 Å². The summed E-state index contributed by atoms with van der Waals surface area (Å²) in [7, 11) is 2.98. The lowest BCUT2D eigenvalue weighted by atomic mass is 10.0. The molecule has 1 aromatic rings. The molecule has 1 aliphatic rings. The molecule has 1 saturated carbocycles. The van der Waals surface area contributed by atoms with Gasteiger partial charge in [0, 0.05) is 26.2 Å². The number of nitrogens with one attached hydrogen (secondary N) is 1. The van der Waals surface area contributed by atoms with Crippen molar-refractivity contribution in [3.05, 3.63) is 20.8 Å². The van der Waals surface area contributed by atoms with Crippen molar-refractivity contribution in [2.75, 3.05) is 5.32 Å². The summed E-state index contributed by atoms with van der Waals surface area (Å²) in [6.45, 7) is 0. The summed E-state index contributed by atoms with van der Waals surface area (Å²) < 4.78 is 2.21. The SMILES string of the molecule is Cn1nc(NC2CCCCCC2N)c(=O)n(C)c1=O. The molecule has 0 saturated heterocycles. The van der Waals surface area contributed by atoms with E-state index in [4.69, 9.17) is 5.73 Å². The summed E-state index contributed by atoms with van der Waals surface area (Å²) in [5, 5.41) is 7.12. The van der Waals surface area contributed by atoms with E-state index in [-0.39, 0.29) is 17.9 Å². The van der Waals surface area contributed by atoms with Crippen LogP contribution in [-0.4, -0.2) is 26.4 Å². The highest BCUT2D eigenvalue weighted by atomic mass is 16.2. The molecule has 1 aliphatic carbocycles. The van der Waals surface area contributed by atoms with E-state index in [9.17, 15) is 9.59 Å². The van der Waals surface area contributed by atoms with E-state index in [1.165, 1.54) is 20.5 Å². The summed E-state index contributed by atoms with van der Waals surface area (Å²) in [6.07, 6.45) is 5.26. The summed E-state index contributed by atoms with van der Waals surface area (Å²) in [4.78, 5) is 23.6. The molecule has 0 radical (unpaired) electrons. The van der Waals surface area contributed by atoms with Gasteiger partial charge in [0.1, 0.15) is 0 Å². The fourth-order valence-corrected chi connectivity index (χ4v) is 2.48. The molecule has 7 heteroatoms. The van der Waals surface area contributed by atoms with E-state index in [2.05, 4.69) is 10.4 Å². The van der Waals surface area contributed by atoms with Crippen LogP contribution in [0.2, 0.25) is 0 Å². The third-order valence-electron chi connectivity index (χ3n) is 3.71. The van der Waals surface area contributed by atoms with Crippen LogP contribution in [0.15, 0.2) is 9.59 Å². The minimum Gasteiger partial charge on any atom is -0.360 e. The largest absolute Gasteiger partial charge is 0.360 e. The van der Waals surface area contributed by atoms with E-state index < -0.39 is 11.2 Å². The first-order chi connectivity index (χ1) is 9.00. The molecule has 0 aliphatic heterocycles. The zero-order valence-electron chi connectivity index (χ0n) is 11.4. The van der Waals surface area contributed by atoms with E-state index in [1.54, 1.807) is 0 Å². The van der Waals surface area contributed by atoms with Crippen molar-refractivity contribution in [1.82, 2.24) is 14.3 Å². The van der Waals surface area contributed by atoms with E-state index >= 15 is 0 Å². The van der Waals surface area contributed by atoms with Crippen LogP contribution in [0.1, 0.15) is 32.1 Å². The number of aromatic nitrogens is 3. The normalized spacial score (nSPS) is 23.9. The van der Waals surface area contributed by atoms with E-state index in [0.29, 0.717) is 0 Å². The molecule has 3 N–H and O–H groups in total. The molecule has 2 rings (SSSR count). The zero-order chi connectivity index (χ0) is 14.0. The third-order valence-corrected chi connectivity index (χ3v) is 3.71. The molecule has 0 bridgehead atoms. The van der Waals surface area contributed by atoms with Crippen molar-refractivity contribution in [2.45, 2.75) is 44.2 Å². The van der Waals surface area contributed by atoms with Gasteiger partial charge in [0.25, 0.3) is 5.56 Å². The molecule has 19 heavy (non-hydrogen) atoms. The zero-order valence-corrected chi connectivity index (χ0v) is 11.4. The van der Waals surface area contributed by atoms with Crippen LogP contribution in [0, 0.1) is 0 Å². The lowest BCUT2D eigenvalue weighted by Gasteiger charge is -2.23. The van der Waals surface area contributed by atoms with Gasteiger partial charge in [-0.2, -0.15) is 0 Å². The second-order valence-electron chi connectivity index (χ2n) is 5.17. The molecule has 106 valence electrons. The van der Waals surface area contributed by atoms with Gasteiger partial charge in [-0.25, -0.2) is 9.48 Å². The number of rotatable bonds is 2. The Labute approximate surface area is 111 Å². The summed E-state index contributed by atoms with van der Waals surface area (Å²) in [5.41, 5.74) is 5.28. The molecule has 7 nitrogen and oxygen atoms in total. The van der Waals surface area contributed by atoms with Gasteiger partial charge in [-0.15, -0.1) is 5.10 Å². The van der Waals surface area contributed by atoms with Gasteiger partial charge in [0.05, 0.1) is 0 Å². The highest BCUT2D eigenvalue weighted by molar-refractivity contribution is 5.31. The van der Waals surface area contributed by atoms with Crippen molar-refractivity contribution in [3.63, 3.8) is 0 Å². The standard InChI is InChI=1S/C12H21N5O2/c1-16-11(18)10(15-17(2)12(16)19)14-9-7-5-3-4-6-8(9)13/h8-9H,3-7,13H2,1-2H3,(H,14,15). The van der Waals surface area contributed by atoms with Crippen LogP contribution in [0.4, 0.5) is 5.82 Å². The number of hydrogen-bond acceptors (Lipinski definition) is 5. The van der Waals surface area contributed by atoms with Crippen LogP contribution in [0.3, 0.4) is 0 Å². The Morgan fingerprint density at radius 3 is 2.63 bits per heavy atom. The number of hydrogen-bond donors (Lipinski definition) is 2. The van der Waals surface area contributed by atoms with Crippen LogP contribution >= 0.6 is 0 Å². The lowest BCUT2D eigenvalue weighted by molar-refractivity contribution is 0.518. The maximum atomic E-state index is 12.0. The smallest absolute Gasteiger partial charge is 0.346 e. The molecule has 1 heterocycles. The quantitative estimate of drug-likeness (QED) is 0.708. The van der Waals surface area contributed by atoms with Gasteiger partial charge in [-0.1, -0.05) is 19.3 Å². The van der Waals surface area contributed by atoms with E-state index in [0.717, 1.165) is 34.9 Å². The molecule has 1 aromatic heterocycles. The first-order valence-corrected chi connectivity index (χ1v) is 6.67. The van der Waals surface area contributed by atoms with Crippen molar-refractivity contribution in [2.24, 2.45) is 19.8 Å². The number of nitrogens with two attached hydrogens (primary N) is 1. The first kappa shape index (κ1) is 13.8. The Kier molecular flexibility index (Phi) is 4.04. The average molecular weight is 267 g/mol. The fraction of sp³-hybridized carbons (Fsp3) is 0.750. The fourth-order valence-electron chi connectivity index (χ4n) is 2.48. The van der Waals surface area contributed by atoms with Gasteiger partial charge in [-0.3, -0.25) is 9.36 Å². The second kappa shape index (κ2) is 5.56. The Hall–Kier alpha value is -1.63. The van der Waals surface area contributed by atoms with E-state index in [1.807, 2.05) is 0 Å². The maximum Gasteiger partial charge on any atom is 0.346 e. The number of anilines is 1. The first-order valence-electron chi connectivity index (χ1n) is 6.67. The Morgan fingerprint density at radius 2 is 1.89 bits per heavy atom. The maximum absolute atomic E-state index is 12.0. The topological polar surface area (TPSA) is 94.9 Å². The molecule has 0 amide bonds. The van der Waals surface area contributed by atoms with Crippen molar-refractivity contribution in [3.8, 4) is 0 Å². The highest BCUT2D eigenvalue weighted by Crippen LogP contribution is 2.18. The molecule has 1 fully saturated rings. The molecule has 0 aromatic carbocycles. The Morgan fingerprint density at radius 1 is 1.21 bits per heavy atom. The predicted molar refractivity (Wildman–Crippen MR) is 73.2 cm³/mol. The van der Waals surface area contributed by atoms with Crippen molar-refractivity contribution < 1.29 is 0 Å². The summed E-state index contributed by atoms with van der Waals surface area (Å²) in [5.74, 6) is 0.201. The molecular weight excluding hydrogens is 246 g/mol. The van der Waals surface area contributed by atoms with Crippen molar-refractivity contribution in [1.29, 1.82) is 0 Å². The van der Waals surface area contributed by atoms with Gasteiger partial charge >= 0.3 is 5.69 Å². The summed E-state index contributed by atoms with van der Waals surface area (Å²) >= 11 is 0. The van der Waals surface area contributed by atoms with Gasteiger partial charge in [0.2, 0.25) is 5.82 Å².